The maximum atomic E-state index is 14.1. The molecule has 4 unspecified atom stereocenters. The number of fused-ring (bicyclic) bond motifs is 1. The first-order chi connectivity index (χ1) is 20.3. The minimum Gasteiger partial charge on any atom is -0.508 e. The molecular formula is C32H39N3O7. The van der Waals surface area contributed by atoms with Crippen molar-refractivity contribution in [3.63, 3.8) is 0 Å². The summed E-state index contributed by atoms with van der Waals surface area (Å²) in [6.07, 6.45) is 0.597. The number of phenols is 1. The highest BCUT2D eigenvalue weighted by molar-refractivity contribution is 5.86. The Kier molecular flexibility index (Phi) is 8.38. The fourth-order valence-corrected chi connectivity index (χ4v) is 6.51. The van der Waals surface area contributed by atoms with Gasteiger partial charge in [0.1, 0.15) is 11.8 Å². The monoisotopic (exact) mass is 577 g/mol. The highest BCUT2D eigenvalue weighted by atomic mass is 16.5. The molecule has 2 fully saturated rings. The van der Waals surface area contributed by atoms with Gasteiger partial charge in [-0.3, -0.25) is 4.79 Å². The van der Waals surface area contributed by atoms with Gasteiger partial charge in [-0.2, -0.15) is 0 Å². The Labute approximate surface area is 246 Å². The number of ether oxygens (including phenoxy) is 5. The van der Waals surface area contributed by atoms with Crippen LogP contribution < -0.4 is 34.5 Å². The quantitative estimate of drug-likeness (QED) is 0.329. The predicted octanol–water partition coefficient (Wildman–Crippen LogP) is 4.01. The van der Waals surface area contributed by atoms with Gasteiger partial charge in [0.2, 0.25) is 11.7 Å². The molecule has 10 heteroatoms. The second kappa shape index (κ2) is 12.0. The van der Waals surface area contributed by atoms with E-state index in [0.29, 0.717) is 41.7 Å². The lowest BCUT2D eigenvalue weighted by Crippen LogP contribution is -2.42. The molecule has 5 rings (SSSR count). The maximum Gasteiger partial charge on any atom is 0.242 e. The van der Waals surface area contributed by atoms with E-state index in [0.717, 1.165) is 27.8 Å². The molecule has 42 heavy (non-hydrogen) atoms. The van der Waals surface area contributed by atoms with Gasteiger partial charge < -0.3 is 33.7 Å². The second-order valence-electron chi connectivity index (χ2n) is 10.7. The minimum absolute atomic E-state index is 0.0292. The van der Waals surface area contributed by atoms with Crippen LogP contribution >= 0.6 is 0 Å². The predicted molar refractivity (Wildman–Crippen MR) is 158 cm³/mol. The van der Waals surface area contributed by atoms with Crippen molar-refractivity contribution in [3.05, 3.63) is 70.3 Å². The molecule has 0 aromatic heterocycles. The summed E-state index contributed by atoms with van der Waals surface area (Å²) in [6.45, 7) is 4.39. The van der Waals surface area contributed by atoms with E-state index in [1.807, 2.05) is 55.1 Å². The third kappa shape index (κ3) is 5.05. The first kappa shape index (κ1) is 29.3. The van der Waals surface area contributed by atoms with Crippen molar-refractivity contribution in [2.45, 2.75) is 38.4 Å². The molecule has 224 valence electrons. The van der Waals surface area contributed by atoms with Crippen molar-refractivity contribution >= 4 is 5.91 Å². The third-order valence-corrected chi connectivity index (χ3v) is 8.35. The Balaban J connectivity index is 1.59. The number of benzene rings is 3. The fraction of sp³-hybridized carbons (Fsp3) is 0.406. The number of hydrogen-bond donors (Lipinski definition) is 3. The van der Waals surface area contributed by atoms with Crippen molar-refractivity contribution < 1.29 is 33.6 Å². The molecule has 0 saturated carbocycles. The SMILES string of the molecule is COc1ccc(CCN2C(=O)C3NNC(c4c(C)cc(C)cc4O)C3C2c2cc(OC)c(OC)c(OC)c2)cc1OC. The number of phenolic OH excluding ortho intramolecular Hbond substituents is 1. The van der Waals surface area contributed by atoms with E-state index in [4.69, 9.17) is 23.7 Å². The Morgan fingerprint density at radius 2 is 1.43 bits per heavy atom. The number of methoxy groups -OCH3 is 5. The standard InChI is InChI=1S/C32H39N3O7/c1-17-12-18(2)26(21(36)13-17)28-27-29(34-33-28)32(37)35(11-10-19-8-9-22(38-3)23(14-19)39-4)30(27)20-15-24(40-5)31(42-7)25(16-20)41-6/h8-9,12-16,27-30,33-34,36H,10-11H2,1-7H3. The van der Waals surface area contributed by atoms with Gasteiger partial charge in [-0.05, 0) is 72.9 Å². The number of aromatic hydroxyl groups is 1. The number of aryl methyl sites for hydroxylation is 2. The van der Waals surface area contributed by atoms with Gasteiger partial charge in [-0.1, -0.05) is 12.1 Å². The molecule has 0 radical (unpaired) electrons. The van der Waals surface area contributed by atoms with Gasteiger partial charge in [0, 0.05) is 18.0 Å². The van der Waals surface area contributed by atoms with Crippen molar-refractivity contribution in [1.29, 1.82) is 0 Å². The number of carbonyl (C=O) groups is 1. The van der Waals surface area contributed by atoms with Crippen LogP contribution in [0, 0.1) is 19.8 Å². The Bertz CT molecular complexity index is 1430. The Morgan fingerprint density at radius 1 is 0.786 bits per heavy atom. The van der Waals surface area contributed by atoms with E-state index < -0.39 is 6.04 Å². The fourth-order valence-electron chi connectivity index (χ4n) is 6.51. The number of hydrogen-bond acceptors (Lipinski definition) is 9. The van der Waals surface area contributed by atoms with Gasteiger partial charge in [-0.15, -0.1) is 0 Å². The number of amides is 1. The normalized spacial score (nSPS) is 21.3. The minimum atomic E-state index is -0.510. The second-order valence-corrected chi connectivity index (χ2v) is 10.7. The van der Waals surface area contributed by atoms with Crippen LogP contribution in [0.2, 0.25) is 0 Å². The van der Waals surface area contributed by atoms with Crippen molar-refractivity contribution in [3.8, 4) is 34.5 Å². The molecular weight excluding hydrogens is 538 g/mol. The average molecular weight is 578 g/mol. The molecule has 0 bridgehead atoms. The summed E-state index contributed by atoms with van der Waals surface area (Å²) in [5.41, 5.74) is 11.1. The zero-order chi connectivity index (χ0) is 30.1. The van der Waals surface area contributed by atoms with Crippen LogP contribution in [0.1, 0.15) is 39.9 Å². The molecule has 0 spiro atoms. The van der Waals surface area contributed by atoms with E-state index in [1.165, 1.54) is 0 Å². The topological polar surface area (TPSA) is 111 Å². The zero-order valence-corrected chi connectivity index (χ0v) is 25.1. The summed E-state index contributed by atoms with van der Waals surface area (Å²) in [6, 6.07) is 12.2. The Hall–Kier alpha value is -4.15. The highest BCUT2D eigenvalue weighted by Crippen LogP contribution is 2.51. The van der Waals surface area contributed by atoms with Crippen LogP contribution in [-0.2, 0) is 11.2 Å². The summed E-state index contributed by atoms with van der Waals surface area (Å²) in [4.78, 5) is 16.0. The van der Waals surface area contributed by atoms with Gasteiger partial charge in [-0.25, -0.2) is 10.9 Å². The number of carbonyl (C=O) groups excluding carboxylic acids is 1. The van der Waals surface area contributed by atoms with Gasteiger partial charge in [0.05, 0.1) is 47.6 Å². The van der Waals surface area contributed by atoms with Gasteiger partial charge >= 0.3 is 0 Å². The molecule has 4 atom stereocenters. The molecule has 3 aromatic carbocycles. The van der Waals surface area contributed by atoms with Crippen molar-refractivity contribution in [2.75, 3.05) is 42.1 Å². The highest BCUT2D eigenvalue weighted by Gasteiger charge is 2.56. The number of hydrazine groups is 1. The molecule has 3 aromatic rings. The van der Waals surface area contributed by atoms with Crippen molar-refractivity contribution in [1.82, 2.24) is 15.8 Å². The summed E-state index contributed by atoms with van der Waals surface area (Å²) < 4.78 is 27.8. The van der Waals surface area contributed by atoms with Crippen LogP contribution in [0.15, 0.2) is 42.5 Å². The van der Waals surface area contributed by atoms with E-state index in [1.54, 1.807) is 41.6 Å². The van der Waals surface area contributed by atoms with E-state index in [-0.39, 0.29) is 29.7 Å². The molecule has 0 aliphatic carbocycles. The number of nitrogens with zero attached hydrogens (tertiary/aromatic N) is 1. The molecule has 3 N–H and O–H groups in total. The lowest BCUT2D eigenvalue weighted by Gasteiger charge is -2.32. The van der Waals surface area contributed by atoms with Crippen molar-refractivity contribution in [2.24, 2.45) is 5.92 Å². The van der Waals surface area contributed by atoms with Crippen LogP contribution in [0.3, 0.4) is 0 Å². The summed E-state index contributed by atoms with van der Waals surface area (Å²) in [5, 5.41) is 11.1. The van der Waals surface area contributed by atoms with E-state index in [2.05, 4.69) is 10.9 Å². The lowest BCUT2D eigenvalue weighted by molar-refractivity contribution is -0.130. The van der Waals surface area contributed by atoms with E-state index >= 15 is 0 Å². The lowest BCUT2D eigenvalue weighted by atomic mass is 9.81. The first-order valence-electron chi connectivity index (χ1n) is 13.9. The summed E-state index contributed by atoms with van der Waals surface area (Å²) >= 11 is 0. The van der Waals surface area contributed by atoms with Crippen LogP contribution in [-0.4, -0.2) is 64.0 Å². The Morgan fingerprint density at radius 3 is 2.02 bits per heavy atom. The average Bonchev–Trinajstić information content (AvgIpc) is 3.52. The van der Waals surface area contributed by atoms with Crippen LogP contribution in [0.5, 0.6) is 34.5 Å². The largest absolute Gasteiger partial charge is 0.508 e. The van der Waals surface area contributed by atoms with Gasteiger partial charge in [0.15, 0.2) is 23.0 Å². The smallest absolute Gasteiger partial charge is 0.242 e. The van der Waals surface area contributed by atoms with Gasteiger partial charge in [0.25, 0.3) is 0 Å². The molecule has 2 heterocycles. The molecule has 2 aliphatic rings. The van der Waals surface area contributed by atoms with E-state index in [9.17, 15) is 9.90 Å². The molecule has 1 amide bonds. The number of nitrogens with one attached hydrogen (secondary N) is 2. The first-order valence-corrected chi connectivity index (χ1v) is 13.9. The number of likely N-dealkylation sites (tertiary alicyclic amines) is 1. The molecule has 2 saturated heterocycles. The number of rotatable bonds is 10. The third-order valence-electron chi connectivity index (χ3n) is 8.35. The van der Waals surface area contributed by atoms with Crippen LogP contribution in [0.25, 0.3) is 0 Å². The van der Waals surface area contributed by atoms with Crippen LogP contribution in [0.4, 0.5) is 0 Å². The summed E-state index contributed by atoms with van der Waals surface area (Å²) in [7, 11) is 7.93. The maximum absolute atomic E-state index is 14.1. The zero-order valence-electron chi connectivity index (χ0n) is 25.1. The molecule has 2 aliphatic heterocycles. The molecule has 10 nitrogen and oxygen atoms in total. The summed E-state index contributed by atoms with van der Waals surface area (Å²) in [5.74, 6) is 2.70.